The molecule has 1 atom stereocenters. The minimum absolute atomic E-state index is 0.0615. The maximum atomic E-state index is 12.0. The van der Waals surface area contributed by atoms with Gasteiger partial charge in [0, 0.05) is 33.7 Å². The van der Waals surface area contributed by atoms with Crippen molar-refractivity contribution >= 4 is 22.4 Å². The van der Waals surface area contributed by atoms with Crippen LogP contribution in [0.15, 0.2) is 24.3 Å². The van der Waals surface area contributed by atoms with Crippen molar-refractivity contribution < 1.29 is 4.21 Å². The van der Waals surface area contributed by atoms with Crippen molar-refractivity contribution in [3.05, 3.63) is 34.9 Å². The summed E-state index contributed by atoms with van der Waals surface area (Å²) in [5, 5.41) is 9.41. The molecule has 2 rings (SSSR count). The van der Waals surface area contributed by atoms with Gasteiger partial charge < -0.3 is 0 Å². The zero-order chi connectivity index (χ0) is 12.3. The van der Waals surface area contributed by atoms with Crippen molar-refractivity contribution in [2.45, 2.75) is 25.0 Å². The summed E-state index contributed by atoms with van der Waals surface area (Å²) in [7, 11) is -0.880. The molecule has 4 heteroatoms. The van der Waals surface area contributed by atoms with E-state index in [1.54, 1.807) is 0 Å². The Balaban J connectivity index is 1.90. The molecule has 2 nitrogen and oxygen atoms in total. The summed E-state index contributed by atoms with van der Waals surface area (Å²) in [6.45, 7) is 0. The Bertz CT molecular complexity index is 459. The first-order chi connectivity index (χ1) is 8.13. The molecule has 1 fully saturated rings. The molecule has 0 radical (unpaired) electrons. The fourth-order valence-electron chi connectivity index (χ4n) is 1.88. The van der Waals surface area contributed by atoms with E-state index in [1.807, 2.05) is 24.3 Å². The smallest absolute Gasteiger partial charge is 0.0627 e. The van der Waals surface area contributed by atoms with Crippen LogP contribution in [-0.2, 0) is 16.6 Å². The van der Waals surface area contributed by atoms with E-state index in [9.17, 15) is 4.21 Å². The van der Waals surface area contributed by atoms with Crippen molar-refractivity contribution in [3.63, 3.8) is 0 Å². The second kappa shape index (κ2) is 5.20. The Morgan fingerprint density at radius 3 is 2.53 bits per heavy atom. The number of hydrogen-bond donors (Lipinski definition) is 0. The SMILES string of the molecule is N#CCC1(CS(=O)Cc2ccc(Cl)cc2)CC1. The van der Waals surface area contributed by atoms with Crippen molar-refractivity contribution in [2.75, 3.05) is 5.75 Å². The van der Waals surface area contributed by atoms with Crippen LogP contribution < -0.4 is 0 Å². The zero-order valence-corrected chi connectivity index (χ0v) is 11.1. The normalized spacial score (nSPS) is 18.4. The highest BCUT2D eigenvalue weighted by Crippen LogP contribution is 2.49. The van der Waals surface area contributed by atoms with Crippen LogP contribution in [0.2, 0.25) is 5.02 Å². The van der Waals surface area contributed by atoms with E-state index in [0.717, 1.165) is 18.4 Å². The van der Waals surface area contributed by atoms with E-state index in [0.29, 0.717) is 22.9 Å². The van der Waals surface area contributed by atoms with E-state index in [1.165, 1.54) is 0 Å². The third-order valence-electron chi connectivity index (χ3n) is 3.12. The summed E-state index contributed by atoms with van der Waals surface area (Å²) in [6.07, 6.45) is 2.64. The van der Waals surface area contributed by atoms with Gasteiger partial charge >= 0.3 is 0 Å². The fraction of sp³-hybridized carbons (Fsp3) is 0.462. The molecule has 0 aromatic heterocycles. The van der Waals surface area contributed by atoms with E-state index in [2.05, 4.69) is 6.07 Å². The van der Waals surface area contributed by atoms with Crippen LogP contribution >= 0.6 is 11.6 Å². The van der Waals surface area contributed by atoms with Crippen molar-refractivity contribution in [2.24, 2.45) is 5.41 Å². The highest BCUT2D eigenvalue weighted by atomic mass is 35.5. The molecule has 0 spiro atoms. The molecule has 1 saturated carbocycles. The Kier molecular flexibility index (Phi) is 3.86. The van der Waals surface area contributed by atoms with Gasteiger partial charge in [-0.2, -0.15) is 5.26 Å². The molecule has 1 unspecified atom stereocenters. The molecule has 0 bridgehead atoms. The molecule has 17 heavy (non-hydrogen) atoms. The Labute approximate surface area is 109 Å². The molecule has 1 aromatic rings. The lowest BCUT2D eigenvalue weighted by molar-refractivity contribution is 0.587. The van der Waals surface area contributed by atoms with Gasteiger partial charge in [0.05, 0.1) is 6.07 Å². The Morgan fingerprint density at radius 2 is 2.00 bits per heavy atom. The lowest BCUT2D eigenvalue weighted by atomic mass is 10.1. The molecule has 0 aliphatic heterocycles. The predicted molar refractivity (Wildman–Crippen MR) is 70.1 cm³/mol. The largest absolute Gasteiger partial charge is 0.259 e. The molecule has 1 aliphatic rings. The minimum atomic E-state index is -0.880. The van der Waals surface area contributed by atoms with Gasteiger partial charge in [0.2, 0.25) is 0 Å². The van der Waals surface area contributed by atoms with Gasteiger partial charge in [0.15, 0.2) is 0 Å². The number of benzene rings is 1. The van der Waals surface area contributed by atoms with Gasteiger partial charge in [-0.05, 0) is 36.0 Å². The van der Waals surface area contributed by atoms with Crippen molar-refractivity contribution in [3.8, 4) is 6.07 Å². The van der Waals surface area contributed by atoms with Crippen LogP contribution in [0, 0.1) is 16.7 Å². The van der Waals surface area contributed by atoms with E-state index in [-0.39, 0.29) is 5.41 Å². The maximum Gasteiger partial charge on any atom is 0.0627 e. The lowest BCUT2D eigenvalue weighted by Crippen LogP contribution is -2.13. The first-order valence-corrected chi connectivity index (χ1v) is 7.47. The van der Waals surface area contributed by atoms with Crippen LogP contribution in [-0.4, -0.2) is 9.96 Å². The van der Waals surface area contributed by atoms with E-state index < -0.39 is 10.8 Å². The molecule has 90 valence electrons. The lowest BCUT2D eigenvalue weighted by Gasteiger charge is -2.10. The Hall–Kier alpha value is -0.850. The molecule has 0 heterocycles. The topological polar surface area (TPSA) is 40.9 Å². The molecule has 0 N–H and O–H groups in total. The van der Waals surface area contributed by atoms with Gasteiger partial charge in [-0.25, -0.2) is 0 Å². The number of rotatable bonds is 5. The fourth-order valence-corrected chi connectivity index (χ4v) is 3.74. The van der Waals surface area contributed by atoms with Crippen LogP contribution in [0.4, 0.5) is 0 Å². The quantitative estimate of drug-likeness (QED) is 0.821. The highest BCUT2D eigenvalue weighted by Gasteiger charge is 2.43. The number of halogens is 1. The summed E-state index contributed by atoms with van der Waals surface area (Å²) in [6, 6.07) is 9.64. The van der Waals surface area contributed by atoms with Crippen LogP contribution in [0.25, 0.3) is 0 Å². The van der Waals surface area contributed by atoms with Crippen LogP contribution in [0.1, 0.15) is 24.8 Å². The molecule has 1 aromatic carbocycles. The predicted octanol–water partition coefficient (Wildman–Crippen LogP) is 3.28. The van der Waals surface area contributed by atoms with Gasteiger partial charge in [0.25, 0.3) is 0 Å². The maximum absolute atomic E-state index is 12.0. The van der Waals surface area contributed by atoms with Gasteiger partial charge in [-0.15, -0.1) is 0 Å². The van der Waals surface area contributed by atoms with E-state index in [4.69, 9.17) is 16.9 Å². The van der Waals surface area contributed by atoms with Crippen LogP contribution in [0.3, 0.4) is 0 Å². The standard InChI is InChI=1S/C13H14ClNOS/c14-12-3-1-11(2-4-12)9-17(16)10-13(5-6-13)7-8-15/h1-4H,5-7,9-10H2. The summed E-state index contributed by atoms with van der Waals surface area (Å²) < 4.78 is 12.0. The minimum Gasteiger partial charge on any atom is -0.259 e. The zero-order valence-electron chi connectivity index (χ0n) is 9.49. The van der Waals surface area contributed by atoms with Gasteiger partial charge in [-0.1, -0.05) is 23.7 Å². The van der Waals surface area contributed by atoms with Crippen molar-refractivity contribution in [1.29, 1.82) is 5.26 Å². The number of hydrogen-bond acceptors (Lipinski definition) is 2. The molecule has 1 aliphatic carbocycles. The number of nitrogens with zero attached hydrogens (tertiary/aromatic N) is 1. The second-order valence-corrected chi connectivity index (χ2v) is 6.58. The van der Waals surface area contributed by atoms with E-state index >= 15 is 0 Å². The first-order valence-electron chi connectivity index (χ1n) is 5.60. The Morgan fingerprint density at radius 1 is 1.35 bits per heavy atom. The molecular weight excluding hydrogens is 254 g/mol. The van der Waals surface area contributed by atoms with Gasteiger partial charge in [-0.3, -0.25) is 4.21 Å². The third kappa shape index (κ3) is 3.55. The second-order valence-electron chi connectivity index (χ2n) is 4.69. The van der Waals surface area contributed by atoms with Gasteiger partial charge in [0.1, 0.15) is 0 Å². The molecule has 0 saturated heterocycles. The molecular formula is C13H14ClNOS. The summed E-state index contributed by atoms with van der Waals surface area (Å²) in [5.41, 5.74) is 1.10. The third-order valence-corrected chi connectivity index (χ3v) is 4.96. The average molecular weight is 268 g/mol. The van der Waals surface area contributed by atoms with Crippen LogP contribution in [0.5, 0.6) is 0 Å². The highest BCUT2D eigenvalue weighted by molar-refractivity contribution is 7.84. The summed E-state index contributed by atoms with van der Waals surface area (Å²) in [4.78, 5) is 0. The molecule has 0 amide bonds. The summed E-state index contributed by atoms with van der Waals surface area (Å²) >= 11 is 5.79. The first kappa shape index (κ1) is 12.6. The average Bonchev–Trinajstić information content (AvgIpc) is 3.02. The monoisotopic (exact) mass is 267 g/mol. The van der Waals surface area contributed by atoms with Crippen molar-refractivity contribution in [1.82, 2.24) is 0 Å². The summed E-state index contributed by atoms with van der Waals surface area (Å²) in [5.74, 6) is 1.22. The number of nitriles is 1.